The van der Waals surface area contributed by atoms with Gasteiger partial charge >= 0.3 is 5.97 Å². The molecule has 5 heteroatoms. The highest BCUT2D eigenvalue weighted by Gasteiger charge is 2.18. The minimum atomic E-state index is -0.320. The number of hydrogen-bond acceptors (Lipinski definition) is 4. The van der Waals surface area contributed by atoms with Crippen LogP contribution in [-0.2, 0) is 11.8 Å². The monoisotopic (exact) mass is 236 g/mol. The minimum Gasteiger partial charge on any atom is -0.462 e. The summed E-state index contributed by atoms with van der Waals surface area (Å²) in [5, 5.41) is 6.24. The van der Waals surface area contributed by atoms with Gasteiger partial charge in [-0.15, -0.1) is 11.3 Å². The smallest absolute Gasteiger partial charge is 0.342 e. The largest absolute Gasteiger partial charge is 0.462 e. The van der Waals surface area contributed by atoms with Gasteiger partial charge in [-0.05, 0) is 18.4 Å². The first-order valence-corrected chi connectivity index (χ1v) is 5.85. The van der Waals surface area contributed by atoms with Crippen molar-refractivity contribution in [2.24, 2.45) is 7.05 Å². The maximum Gasteiger partial charge on any atom is 0.342 e. The lowest BCUT2D eigenvalue weighted by Gasteiger charge is -1.99. The van der Waals surface area contributed by atoms with E-state index in [1.54, 1.807) is 36.2 Å². The van der Waals surface area contributed by atoms with Gasteiger partial charge in [-0.3, -0.25) is 4.68 Å². The molecule has 0 amide bonds. The Morgan fingerprint density at radius 2 is 2.44 bits per heavy atom. The van der Waals surface area contributed by atoms with Crippen molar-refractivity contribution >= 4 is 17.3 Å². The lowest BCUT2D eigenvalue weighted by atomic mass is 10.2. The Hall–Kier alpha value is -1.62. The molecule has 0 fully saturated rings. The van der Waals surface area contributed by atoms with Crippen LogP contribution in [0.4, 0.5) is 0 Å². The molecule has 2 rings (SSSR count). The van der Waals surface area contributed by atoms with Crippen molar-refractivity contribution in [3.63, 3.8) is 0 Å². The van der Waals surface area contributed by atoms with Gasteiger partial charge in [0.1, 0.15) is 11.3 Å². The standard InChI is InChI=1S/C11H12N2O2S/c1-3-15-11(14)8-7-13(2)12-10(8)9-5-4-6-16-9/h4-7H,3H2,1-2H3. The summed E-state index contributed by atoms with van der Waals surface area (Å²) in [5.41, 5.74) is 1.21. The molecule has 2 aromatic rings. The zero-order valence-corrected chi connectivity index (χ0v) is 9.95. The first kappa shape index (κ1) is 10.9. The van der Waals surface area contributed by atoms with E-state index in [2.05, 4.69) is 5.10 Å². The van der Waals surface area contributed by atoms with Crippen LogP contribution in [0.15, 0.2) is 23.7 Å². The summed E-state index contributed by atoms with van der Waals surface area (Å²) < 4.78 is 6.62. The SMILES string of the molecule is CCOC(=O)c1cn(C)nc1-c1cccs1. The molecule has 2 aromatic heterocycles. The van der Waals surface area contributed by atoms with Gasteiger partial charge in [-0.1, -0.05) is 6.07 Å². The third-order valence-corrected chi connectivity index (χ3v) is 2.96. The van der Waals surface area contributed by atoms with Crippen LogP contribution in [0.5, 0.6) is 0 Å². The maximum absolute atomic E-state index is 11.7. The van der Waals surface area contributed by atoms with Crippen LogP contribution in [0.2, 0.25) is 0 Å². The first-order valence-electron chi connectivity index (χ1n) is 4.97. The molecule has 0 atom stereocenters. The van der Waals surface area contributed by atoms with Crippen LogP contribution in [0.25, 0.3) is 10.6 Å². The number of aryl methyl sites for hydroxylation is 1. The van der Waals surface area contributed by atoms with Gasteiger partial charge in [-0.25, -0.2) is 4.79 Å². The number of carbonyl (C=O) groups excluding carboxylic acids is 1. The number of ether oxygens (including phenoxy) is 1. The van der Waals surface area contributed by atoms with Crippen LogP contribution in [0, 0.1) is 0 Å². The molecule has 0 aliphatic carbocycles. The van der Waals surface area contributed by atoms with E-state index in [0.29, 0.717) is 17.9 Å². The highest BCUT2D eigenvalue weighted by molar-refractivity contribution is 7.13. The van der Waals surface area contributed by atoms with Crippen LogP contribution < -0.4 is 0 Å². The Morgan fingerprint density at radius 3 is 3.06 bits per heavy atom. The zero-order valence-electron chi connectivity index (χ0n) is 9.14. The Balaban J connectivity index is 2.42. The summed E-state index contributed by atoms with van der Waals surface area (Å²) in [6.07, 6.45) is 1.69. The minimum absolute atomic E-state index is 0.320. The van der Waals surface area contributed by atoms with E-state index in [-0.39, 0.29) is 5.97 Å². The van der Waals surface area contributed by atoms with Crippen molar-refractivity contribution in [3.8, 4) is 10.6 Å². The second-order valence-corrected chi connectivity index (χ2v) is 4.21. The van der Waals surface area contributed by atoms with Crippen LogP contribution >= 0.6 is 11.3 Å². The lowest BCUT2D eigenvalue weighted by Crippen LogP contribution is -2.04. The molecule has 0 aliphatic rings. The molecular weight excluding hydrogens is 224 g/mol. The second kappa shape index (κ2) is 4.49. The quantitative estimate of drug-likeness (QED) is 0.768. The van der Waals surface area contributed by atoms with Gasteiger partial charge in [-0.2, -0.15) is 5.10 Å². The molecule has 0 saturated carbocycles. The second-order valence-electron chi connectivity index (χ2n) is 3.26. The van der Waals surface area contributed by atoms with Gasteiger partial charge in [0.2, 0.25) is 0 Å². The summed E-state index contributed by atoms with van der Waals surface area (Å²) in [7, 11) is 1.79. The molecule has 0 aromatic carbocycles. The average molecular weight is 236 g/mol. The van der Waals surface area contributed by atoms with E-state index in [4.69, 9.17) is 4.74 Å². The zero-order chi connectivity index (χ0) is 11.5. The van der Waals surface area contributed by atoms with E-state index >= 15 is 0 Å². The molecule has 84 valence electrons. The van der Waals surface area contributed by atoms with Crippen LogP contribution in [0.3, 0.4) is 0 Å². The fraction of sp³-hybridized carbons (Fsp3) is 0.273. The predicted octanol–water partition coefficient (Wildman–Crippen LogP) is 2.33. The fourth-order valence-electron chi connectivity index (χ4n) is 1.44. The Kier molecular flexibility index (Phi) is 3.05. The topological polar surface area (TPSA) is 44.1 Å². The van der Waals surface area contributed by atoms with Crippen LogP contribution in [0.1, 0.15) is 17.3 Å². The van der Waals surface area contributed by atoms with Gasteiger partial charge in [0.15, 0.2) is 0 Å². The van der Waals surface area contributed by atoms with Gasteiger partial charge < -0.3 is 4.74 Å². The Bertz CT molecular complexity index is 488. The number of nitrogens with zero attached hydrogens (tertiary/aromatic N) is 2. The number of aromatic nitrogens is 2. The number of rotatable bonds is 3. The Labute approximate surface area is 97.5 Å². The molecule has 0 bridgehead atoms. The van der Waals surface area contributed by atoms with E-state index in [0.717, 1.165) is 4.88 Å². The van der Waals surface area contributed by atoms with Gasteiger partial charge in [0, 0.05) is 13.2 Å². The number of thiophene rings is 1. The van der Waals surface area contributed by atoms with Crippen molar-refractivity contribution in [2.75, 3.05) is 6.61 Å². The highest BCUT2D eigenvalue weighted by Crippen LogP contribution is 2.26. The summed E-state index contributed by atoms with van der Waals surface area (Å²) in [5.74, 6) is -0.320. The van der Waals surface area contributed by atoms with Crippen LogP contribution in [-0.4, -0.2) is 22.4 Å². The molecule has 0 aliphatic heterocycles. The number of carbonyl (C=O) groups is 1. The normalized spacial score (nSPS) is 10.4. The molecular formula is C11H12N2O2S. The van der Waals surface area contributed by atoms with E-state index < -0.39 is 0 Å². The van der Waals surface area contributed by atoms with E-state index in [1.165, 1.54) is 0 Å². The molecule has 4 nitrogen and oxygen atoms in total. The lowest BCUT2D eigenvalue weighted by molar-refractivity contribution is 0.0527. The van der Waals surface area contributed by atoms with E-state index in [9.17, 15) is 4.79 Å². The van der Waals surface area contributed by atoms with E-state index in [1.807, 2.05) is 17.5 Å². The molecule has 0 spiro atoms. The molecule has 16 heavy (non-hydrogen) atoms. The molecule has 0 unspecified atom stereocenters. The predicted molar refractivity (Wildman–Crippen MR) is 62.5 cm³/mol. The number of esters is 1. The third-order valence-electron chi connectivity index (χ3n) is 2.08. The maximum atomic E-state index is 11.7. The average Bonchev–Trinajstić information content (AvgIpc) is 2.85. The third kappa shape index (κ3) is 1.99. The number of hydrogen-bond donors (Lipinski definition) is 0. The Morgan fingerprint density at radius 1 is 1.62 bits per heavy atom. The van der Waals surface area contributed by atoms with Crippen molar-refractivity contribution in [2.45, 2.75) is 6.92 Å². The summed E-state index contributed by atoms with van der Waals surface area (Å²) in [4.78, 5) is 12.7. The van der Waals surface area contributed by atoms with Crippen molar-refractivity contribution in [1.29, 1.82) is 0 Å². The van der Waals surface area contributed by atoms with Crippen molar-refractivity contribution in [3.05, 3.63) is 29.3 Å². The first-order chi connectivity index (χ1) is 7.72. The van der Waals surface area contributed by atoms with Crippen molar-refractivity contribution in [1.82, 2.24) is 9.78 Å². The summed E-state index contributed by atoms with van der Waals surface area (Å²) in [6, 6.07) is 3.87. The summed E-state index contributed by atoms with van der Waals surface area (Å²) >= 11 is 1.56. The molecule has 0 saturated heterocycles. The molecule has 0 N–H and O–H groups in total. The summed E-state index contributed by atoms with van der Waals surface area (Å²) in [6.45, 7) is 2.16. The molecule has 2 heterocycles. The van der Waals surface area contributed by atoms with Crippen molar-refractivity contribution < 1.29 is 9.53 Å². The fourth-order valence-corrected chi connectivity index (χ4v) is 2.17. The van der Waals surface area contributed by atoms with Gasteiger partial charge in [0.05, 0.1) is 11.5 Å². The van der Waals surface area contributed by atoms with Gasteiger partial charge in [0.25, 0.3) is 0 Å². The molecule has 0 radical (unpaired) electrons. The highest BCUT2D eigenvalue weighted by atomic mass is 32.1.